The molecule has 0 saturated heterocycles. The van der Waals surface area contributed by atoms with E-state index in [1.165, 1.54) is 18.4 Å². The van der Waals surface area contributed by atoms with Crippen LogP contribution in [0.5, 0.6) is 5.75 Å². The van der Waals surface area contributed by atoms with E-state index in [-0.39, 0.29) is 6.61 Å². The lowest BCUT2D eigenvalue weighted by molar-refractivity contribution is -0.128. The normalized spacial score (nSPS) is 10.5. The molecule has 2 rings (SSSR count). The minimum absolute atomic E-state index is 0.288. The summed E-state index contributed by atoms with van der Waals surface area (Å²) in [6.07, 6.45) is 4.19. The Labute approximate surface area is 145 Å². The smallest absolute Gasteiger partial charge is 0.276 e. The highest BCUT2D eigenvalue weighted by Gasteiger charge is 2.07. The van der Waals surface area contributed by atoms with Crippen molar-refractivity contribution in [3.8, 4) is 5.75 Å². The number of rotatable bonds is 5. The maximum absolute atomic E-state index is 11.6. The summed E-state index contributed by atoms with van der Waals surface area (Å²) in [5, 5.41) is 0.373. The lowest BCUT2D eigenvalue weighted by Gasteiger charge is -2.09. The van der Waals surface area contributed by atoms with E-state index < -0.39 is 11.8 Å². The van der Waals surface area contributed by atoms with Gasteiger partial charge in [-0.1, -0.05) is 27.5 Å². The quantitative estimate of drug-likeness (QED) is 0.598. The fraction of sp³-hybridized carbons (Fsp3) is 0.0667. The monoisotopic (exact) mass is 398 g/mol. The Bertz CT molecular complexity index is 716. The maximum atomic E-state index is 11.6. The third kappa shape index (κ3) is 5.80. The van der Waals surface area contributed by atoms with Crippen LogP contribution in [0.25, 0.3) is 6.08 Å². The minimum atomic E-state index is -0.524. The molecule has 0 atom stereocenters. The first-order valence-corrected chi connectivity index (χ1v) is 7.60. The first-order valence-electron chi connectivity index (χ1n) is 6.43. The van der Waals surface area contributed by atoms with Crippen LogP contribution < -0.4 is 15.6 Å². The molecule has 120 valence electrons. The van der Waals surface area contributed by atoms with E-state index in [9.17, 15) is 9.59 Å². The topological polar surface area (TPSA) is 80.6 Å². The predicted molar refractivity (Wildman–Crippen MR) is 88.7 cm³/mol. The molecular weight excluding hydrogens is 388 g/mol. The standard InChI is InChI=1S/C15H12BrClN2O4/c16-10-3-5-13(12(17)8-10)23-9-15(21)19-18-14(20)6-4-11-2-1-7-22-11/h1-8H,9H2,(H,18,20)(H,19,21)/b6-4+. The van der Waals surface area contributed by atoms with Crippen molar-refractivity contribution in [2.45, 2.75) is 0 Å². The molecule has 0 radical (unpaired) electrons. The number of furan rings is 1. The average Bonchev–Trinajstić information content (AvgIpc) is 3.03. The Morgan fingerprint density at radius 1 is 1.30 bits per heavy atom. The molecule has 2 amide bonds. The summed E-state index contributed by atoms with van der Waals surface area (Å²) in [4.78, 5) is 23.1. The van der Waals surface area contributed by atoms with Gasteiger partial charge >= 0.3 is 0 Å². The molecule has 1 heterocycles. The molecule has 0 spiro atoms. The van der Waals surface area contributed by atoms with E-state index in [1.807, 2.05) is 0 Å². The predicted octanol–water partition coefficient (Wildman–Crippen LogP) is 2.94. The van der Waals surface area contributed by atoms with Crippen molar-refractivity contribution in [3.63, 3.8) is 0 Å². The van der Waals surface area contributed by atoms with Gasteiger partial charge in [0.2, 0.25) is 0 Å². The fourth-order valence-corrected chi connectivity index (χ4v) is 2.22. The summed E-state index contributed by atoms with van der Waals surface area (Å²) in [5.41, 5.74) is 4.43. The molecule has 1 aromatic heterocycles. The highest BCUT2D eigenvalue weighted by atomic mass is 79.9. The van der Waals surface area contributed by atoms with Crippen LogP contribution in [-0.2, 0) is 9.59 Å². The number of amides is 2. The van der Waals surface area contributed by atoms with Crippen LogP contribution in [0.3, 0.4) is 0 Å². The molecule has 2 aromatic rings. The lowest BCUT2D eigenvalue weighted by Crippen LogP contribution is -2.43. The van der Waals surface area contributed by atoms with Crippen molar-refractivity contribution in [3.05, 3.63) is 57.9 Å². The van der Waals surface area contributed by atoms with Gasteiger partial charge in [0, 0.05) is 10.5 Å². The number of hydrazine groups is 1. The van der Waals surface area contributed by atoms with Crippen LogP contribution in [0, 0.1) is 0 Å². The van der Waals surface area contributed by atoms with Crippen molar-refractivity contribution in [1.29, 1.82) is 0 Å². The second kappa shape index (κ2) is 8.40. The fourth-order valence-electron chi connectivity index (χ4n) is 1.49. The van der Waals surface area contributed by atoms with E-state index in [0.717, 1.165) is 4.47 Å². The number of halogens is 2. The van der Waals surface area contributed by atoms with Crippen molar-refractivity contribution >= 4 is 45.4 Å². The van der Waals surface area contributed by atoms with Crippen molar-refractivity contribution < 1.29 is 18.7 Å². The second-order valence-corrected chi connectivity index (χ2v) is 5.57. The molecule has 0 aliphatic rings. The molecule has 8 heteroatoms. The van der Waals surface area contributed by atoms with Gasteiger partial charge in [0.15, 0.2) is 6.61 Å². The molecule has 23 heavy (non-hydrogen) atoms. The first kappa shape index (κ1) is 17.1. The number of nitrogens with one attached hydrogen (secondary N) is 2. The molecule has 6 nitrogen and oxygen atoms in total. The lowest BCUT2D eigenvalue weighted by atomic mass is 10.3. The van der Waals surface area contributed by atoms with Gasteiger partial charge in [-0.15, -0.1) is 0 Å². The van der Waals surface area contributed by atoms with Gasteiger partial charge in [0.1, 0.15) is 11.5 Å². The molecule has 0 aliphatic heterocycles. The Morgan fingerprint density at radius 3 is 2.83 bits per heavy atom. The summed E-state index contributed by atoms with van der Waals surface area (Å²) < 4.78 is 11.1. The summed E-state index contributed by atoms with van der Waals surface area (Å²) in [6.45, 7) is -0.288. The van der Waals surface area contributed by atoms with Gasteiger partial charge in [-0.25, -0.2) is 0 Å². The third-order valence-electron chi connectivity index (χ3n) is 2.52. The number of ether oxygens (including phenoxy) is 1. The summed E-state index contributed by atoms with van der Waals surface area (Å²) in [5.74, 6) is -0.131. The molecule has 0 aliphatic carbocycles. The van der Waals surface area contributed by atoms with Crippen LogP contribution in [0.4, 0.5) is 0 Å². The maximum Gasteiger partial charge on any atom is 0.276 e. The SMILES string of the molecule is O=C(/C=C/c1ccco1)NNC(=O)COc1ccc(Br)cc1Cl. The number of hydrogen-bond acceptors (Lipinski definition) is 4. The van der Waals surface area contributed by atoms with E-state index in [2.05, 4.69) is 26.8 Å². The molecule has 0 saturated carbocycles. The number of carbonyl (C=O) groups excluding carboxylic acids is 2. The zero-order valence-corrected chi connectivity index (χ0v) is 14.1. The number of hydrogen-bond donors (Lipinski definition) is 2. The largest absolute Gasteiger partial charge is 0.482 e. The molecule has 0 fully saturated rings. The molecule has 0 unspecified atom stereocenters. The van der Waals surface area contributed by atoms with Crippen molar-refractivity contribution in [1.82, 2.24) is 10.9 Å². The third-order valence-corrected chi connectivity index (χ3v) is 3.31. The van der Waals surface area contributed by atoms with Crippen molar-refractivity contribution in [2.24, 2.45) is 0 Å². The molecular formula is C15H12BrClN2O4. The van der Waals surface area contributed by atoms with Crippen LogP contribution >= 0.6 is 27.5 Å². The number of carbonyl (C=O) groups is 2. The molecule has 2 N–H and O–H groups in total. The average molecular weight is 400 g/mol. The minimum Gasteiger partial charge on any atom is -0.482 e. The van der Waals surface area contributed by atoms with Gasteiger partial charge in [0.05, 0.1) is 11.3 Å². The van der Waals surface area contributed by atoms with Gasteiger partial charge in [0.25, 0.3) is 11.8 Å². The van der Waals surface area contributed by atoms with E-state index >= 15 is 0 Å². The highest BCUT2D eigenvalue weighted by Crippen LogP contribution is 2.27. The van der Waals surface area contributed by atoms with Crippen molar-refractivity contribution in [2.75, 3.05) is 6.61 Å². The molecule has 1 aromatic carbocycles. The second-order valence-electron chi connectivity index (χ2n) is 4.25. The first-order chi connectivity index (χ1) is 11.0. The van der Waals surface area contributed by atoms with E-state index in [1.54, 1.807) is 30.3 Å². The Hall–Kier alpha value is -2.25. The zero-order chi connectivity index (χ0) is 16.7. The molecule has 0 bridgehead atoms. The van der Waals surface area contributed by atoms with E-state index in [0.29, 0.717) is 16.5 Å². The van der Waals surface area contributed by atoms with Crippen LogP contribution in [0.15, 0.2) is 51.6 Å². The van der Waals surface area contributed by atoms with Gasteiger partial charge in [-0.3, -0.25) is 20.4 Å². The zero-order valence-electron chi connectivity index (χ0n) is 11.7. The van der Waals surface area contributed by atoms with Crippen LogP contribution in [0.1, 0.15) is 5.76 Å². The number of benzene rings is 1. The van der Waals surface area contributed by atoms with Crippen LogP contribution in [0.2, 0.25) is 5.02 Å². The van der Waals surface area contributed by atoms with Gasteiger partial charge in [-0.2, -0.15) is 0 Å². The van der Waals surface area contributed by atoms with Crippen LogP contribution in [-0.4, -0.2) is 18.4 Å². The van der Waals surface area contributed by atoms with E-state index in [4.69, 9.17) is 20.8 Å². The highest BCUT2D eigenvalue weighted by molar-refractivity contribution is 9.10. The summed E-state index contributed by atoms with van der Waals surface area (Å²) in [6, 6.07) is 8.41. The summed E-state index contributed by atoms with van der Waals surface area (Å²) >= 11 is 9.22. The Kier molecular flexibility index (Phi) is 6.25. The Morgan fingerprint density at radius 2 is 2.13 bits per heavy atom. The Balaban J connectivity index is 1.73. The summed E-state index contributed by atoms with van der Waals surface area (Å²) in [7, 11) is 0. The van der Waals surface area contributed by atoms with Gasteiger partial charge < -0.3 is 9.15 Å². The van der Waals surface area contributed by atoms with Gasteiger partial charge in [-0.05, 0) is 36.4 Å².